The van der Waals surface area contributed by atoms with Crippen molar-refractivity contribution in [3.05, 3.63) is 24.0 Å². The predicted molar refractivity (Wildman–Crippen MR) is 63.4 cm³/mol. The maximum absolute atomic E-state index is 11.7. The first-order valence-electron chi connectivity index (χ1n) is 5.72. The van der Waals surface area contributed by atoms with Gasteiger partial charge in [-0.15, -0.1) is 0 Å². The van der Waals surface area contributed by atoms with Gasteiger partial charge in [0, 0.05) is 31.5 Å². The van der Waals surface area contributed by atoms with E-state index >= 15 is 0 Å². The molecule has 0 radical (unpaired) electrons. The Bertz CT molecular complexity index is 455. The maximum Gasteiger partial charge on any atom is 0.354 e. The van der Waals surface area contributed by atoms with Gasteiger partial charge in [0.1, 0.15) is 5.69 Å². The fourth-order valence-electron chi connectivity index (χ4n) is 1.84. The molecule has 1 saturated heterocycles. The van der Waals surface area contributed by atoms with E-state index in [4.69, 9.17) is 9.84 Å². The van der Waals surface area contributed by atoms with Gasteiger partial charge in [-0.05, 0) is 24.5 Å². The highest BCUT2D eigenvalue weighted by atomic mass is 16.5. The minimum absolute atomic E-state index is 0.0861. The summed E-state index contributed by atoms with van der Waals surface area (Å²) in [5.74, 6) is -0.992. The van der Waals surface area contributed by atoms with Crippen LogP contribution in [0.3, 0.4) is 0 Å². The molecule has 0 spiro atoms. The molecular formula is C12H14N2O4. The number of nitrogens with zero attached hydrogens (tertiary/aromatic N) is 1. The number of anilines is 1. The number of pyridine rings is 1. The lowest BCUT2D eigenvalue weighted by atomic mass is 10.0. The highest BCUT2D eigenvalue weighted by molar-refractivity contribution is 5.93. The van der Waals surface area contributed by atoms with Crippen molar-refractivity contribution >= 4 is 17.6 Å². The molecule has 1 aromatic heterocycles. The molecule has 18 heavy (non-hydrogen) atoms. The Hall–Kier alpha value is -1.95. The zero-order chi connectivity index (χ0) is 13.0. The summed E-state index contributed by atoms with van der Waals surface area (Å²) in [6, 6.07) is 2.90. The second kappa shape index (κ2) is 5.59. The van der Waals surface area contributed by atoms with Gasteiger partial charge in [0.05, 0.1) is 0 Å². The molecule has 6 nitrogen and oxygen atoms in total. The van der Waals surface area contributed by atoms with Gasteiger partial charge >= 0.3 is 5.97 Å². The Morgan fingerprint density at radius 1 is 1.56 bits per heavy atom. The third-order valence-corrected chi connectivity index (χ3v) is 2.76. The number of aromatic nitrogens is 1. The van der Waals surface area contributed by atoms with Crippen molar-refractivity contribution < 1.29 is 19.4 Å². The van der Waals surface area contributed by atoms with Crippen LogP contribution in [0.25, 0.3) is 0 Å². The minimum Gasteiger partial charge on any atom is -0.477 e. The van der Waals surface area contributed by atoms with E-state index in [9.17, 15) is 9.59 Å². The van der Waals surface area contributed by atoms with Gasteiger partial charge in [0.15, 0.2) is 0 Å². The summed E-state index contributed by atoms with van der Waals surface area (Å²) in [6.07, 6.45) is 2.65. The van der Waals surface area contributed by atoms with Crippen LogP contribution >= 0.6 is 0 Å². The van der Waals surface area contributed by atoms with Gasteiger partial charge in [-0.25, -0.2) is 9.78 Å². The number of carbonyl (C=O) groups excluding carboxylic acids is 1. The number of amides is 1. The van der Waals surface area contributed by atoms with E-state index in [0.29, 0.717) is 25.3 Å². The van der Waals surface area contributed by atoms with Gasteiger partial charge < -0.3 is 15.2 Å². The standard InChI is InChI=1S/C12H14N2O4/c15-11(5-8-2-4-18-7-8)14-9-1-3-13-10(6-9)12(16)17/h1,3,6,8H,2,4-5,7H2,(H,16,17)(H,13,14,15). The number of hydrogen-bond donors (Lipinski definition) is 2. The van der Waals surface area contributed by atoms with Gasteiger partial charge in [-0.3, -0.25) is 4.79 Å². The van der Waals surface area contributed by atoms with Gasteiger partial charge in [0.2, 0.25) is 5.91 Å². The van der Waals surface area contributed by atoms with Crippen LogP contribution in [-0.2, 0) is 9.53 Å². The van der Waals surface area contributed by atoms with Crippen LogP contribution in [0.4, 0.5) is 5.69 Å². The number of rotatable bonds is 4. The Balaban J connectivity index is 1.93. The zero-order valence-corrected chi connectivity index (χ0v) is 9.76. The molecule has 1 unspecified atom stereocenters. The number of ether oxygens (including phenoxy) is 1. The highest BCUT2D eigenvalue weighted by Crippen LogP contribution is 2.17. The molecular weight excluding hydrogens is 236 g/mol. The van der Waals surface area contributed by atoms with Gasteiger partial charge in [-0.1, -0.05) is 0 Å². The number of carbonyl (C=O) groups is 2. The lowest BCUT2D eigenvalue weighted by Crippen LogP contribution is -2.17. The number of carboxylic acid groups (broad SMARTS) is 1. The van der Waals surface area contributed by atoms with Crippen molar-refractivity contribution in [1.82, 2.24) is 4.98 Å². The van der Waals surface area contributed by atoms with Gasteiger partial charge in [0.25, 0.3) is 0 Å². The second-order valence-electron chi connectivity index (χ2n) is 4.22. The highest BCUT2D eigenvalue weighted by Gasteiger charge is 2.19. The molecule has 2 N–H and O–H groups in total. The largest absolute Gasteiger partial charge is 0.477 e. The topological polar surface area (TPSA) is 88.5 Å². The quantitative estimate of drug-likeness (QED) is 0.836. The molecule has 1 fully saturated rings. The summed E-state index contributed by atoms with van der Waals surface area (Å²) in [4.78, 5) is 26.1. The molecule has 2 heterocycles. The normalized spacial score (nSPS) is 18.6. The van der Waals surface area contributed by atoms with Gasteiger partial charge in [-0.2, -0.15) is 0 Å². The average molecular weight is 250 g/mol. The molecule has 0 bridgehead atoms. The lowest BCUT2D eigenvalue weighted by Gasteiger charge is -2.08. The lowest BCUT2D eigenvalue weighted by molar-refractivity contribution is -0.117. The summed E-state index contributed by atoms with van der Waals surface area (Å²) in [5, 5.41) is 11.4. The first kappa shape index (κ1) is 12.5. The number of aromatic carboxylic acids is 1. The molecule has 96 valence electrons. The first-order valence-corrected chi connectivity index (χ1v) is 5.72. The first-order chi connectivity index (χ1) is 8.65. The van der Waals surface area contributed by atoms with E-state index in [1.807, 2.05) is 0 Å². The van der Waals surface area contributed by atoms with Crippen molar-refractivity contribution in [2.24, 2.45) is 5.92 Å². The predicted octanol–water partition coefficient (Wildman–Crippen LogP) is 1.14. The van der Waals surface area contributed by atoms with Crippen LogP contribution < -0.4 is 5.32 Å². The van der Waals surface area contributed by atoms with Crippen LogP contribution in [0.2, 0.25) is 0 Å². The van der Waals surface area contributed by atoms with Crippen LogP contribution in [0.5, 0.6) is 0 Å². The molecule has 0 aromatic carbocycles. The Kier molecular flexibility index (Phi) is 3.88. The fraction of sp³-hybridized carbons (Fsp3) is 0.417. The van der Waals surface area contributed by atoms with Crippen LogP contribution in [0.1, 0.15) is 23.3 Å². The molecule has 6 heteroatoms. The number of nitrogens with one attached hydrogen (secondary N) is 1. The summed E-state index contributed by atoms with van der Waals surface area (Å²) in [6.45, 7) is 1.32. The van der Waals surface area contributed by atoms with E-state index in [1.165, 1.54) is 12.3 Å². The Labute approximate surface area is 104 Å². The molecule has 0 saturated carbocycles. The maximum atomic E-state index is 11.7. The Morgan fingerprint density at radius 2 is 2.39 bits per heavy atom. The SMILES string of the molecule is O=C(CC1CCOC1)Nc1ccnc(C(=O)O)c1. The number of carboxylic acids is 1. The van der Waals surface area contributed by atoms with Crippen LogP contribution in [-0.4, -0.2) is 35.2 Å². The molecule has 1 aliphatic heterocycles. The molecule has 2 rings (SSSR count). The van der Waals surface area contributed by atoms with E-state index in [-0.39, 0.29) is 17.5 Å². The van der Waals surface area contributed by atoms with Crippen molar-refractivity contribution in [1.29, 1.82) is 0 Å². The fourth-order valence-corrected chi connectivity index (χ4v) is 1.84. The minimum atomic E-state index is -1.12. The summed E-state index contributed by atoms with van der Waals surface area (Å²) in [7, 11) is 0. The molecule has 1 amide bonds. The third-order valence-electron chi connectivity index (χ3n) is 2.76. The molecule has 1 atom stereocenters. The average Bonchev–Trinajstić information content (AvgIpc) is 2.82. The monoisotopic (exact) mass is 250 g/mol. The zero-order valence-electron chi connectivity index (χ0n) is 9.76. The van der Waals surface area contributed by atoms with Crippen molar-refractivity contribution in [2.75, 3.05) is 18.5 Å². The summed E-state index contributed by atoms with van der Waals surface area (Å²) < 4.78 is 5.19. The molecule has 0 aliphatic carbocycles. The third kappa shape index (κ3) is 3.27. The second-order valence-corrected chi connectivity index (χ2v) is 4.22. The van der Waals surface area contributed by atoms with Crippen molar-refractivity contribution in [2.45, 2.75) is 12.8 Å². The van der Waals surface area contributed by atoms with E-state index < -0.39 is 5.97 Å². The summed E-state index contributed by atoms with van der Waals surface area (Å²) >= 11 is 0. The van der Waals surface area contributed by atoms with E-state index in [2.05, 4.69) is 10.3 Å². The molecule has 1 aromatic rings. The van der Waals surface area contributed by atoms with Crippen LogP contribution in [0.15, 0.2) is 18.3 Å². The van der Waals surface area contributed by atoms with Crippen molar-refractivity contribution in [3.63, 3.8) is 0 Å². The Morgan fingerprint density at radius 3 is 3.06 bits per heavy atom. The number of hydrogen-bond acceptors (Lipinski definition) is 4. The van der Waals surface area contributed by atoms with Crippen molar-refractivity contribution in [3.8, 4) is 0 Å². The van der Waals surface area contributed by atoms with E-state index in [1.54, 1.807) is 6.07 Å². The van der Waals surface area contributed by atoms with Crippen LogP contribution in [0, 0.1) is 5.92 Å². The molecule has 1 aliphatic rings. The smallest absolute Gasteiger partial charge is 0.354 e. The summed E-state index contributed by atoms with van der Waals surface area (Å²) in [5.41, 5.74) is 0.364. The van der Waals surface area contributed by atoms with E-state index in [0.717, 1.165) is 6.42 Å².